The van der Waals surface area contributed by atoms with Crippen LogP contribution in [-0.4, -0.2) is 16.1 Å². The third-order valence-corrected chi connectivity index (χ3v) is 3.92. The van der Waals surface area contributed by atoms with Crippen molar-refractivity contribution in [2.75, 3.05) is 5.32 Å². The lowest BCUT2D eigenvalue weighted by Crippen LogP contribution is -2.11. The summed E-state index contributed by atoms with van der Waals surface area (Å²) in [5, 5.41) is 22.1. The molecule has 0 spiro atoms. The lowest BCUT2D eigenvalue weighted by molar-refractivity contribution is 0.102. The Morgan fingerprint density at radius 2 is 1.62 bits per heavy atom. The van der Waals surface area contributed by atoms with Crippen LogP contribution < -0.4 is 10.1 Å². The molecule has 0 heterocycles. The van der Waals surface area contributed by atoms with Gasteiger partial charge in [0.15, 0.2) is 11.5 Å². The van der Waals surface area contributed by atoms with Gasteiger partial charge in [-0.05, 0) is 60.2 Å². The van der Waals surface area contributed by atoms with Crippen molar-refractivity contribution < 1.29 is 19.7 Å². The molecule has 132 valence electrons. The molecular weight excluding hydrogens is 354 g/mol. The van der Waals surface area contributed by atoms with Gasteiger partial charge in [-0.15, -0.1) is 0 Å². The number of phenolic OH excluding ortho intramolecular Hbond substituents is 2. The quantitative estimate of drug-likeness (QED) is 0.575. The zero-order chi connectivity index (χ0) is 18.5. The fraction of sp³-hybridized carbons (Fsp3) is 0.0500. The Labute approximate surface area is 155 Å². The van der Waals surface area contributed by atoms with E-state index < -0.39 is 5.91 Å². The van der Waals surface area contributed by atoms with E-state index in [9.17, 15) is 15.0 Å². The summed E-state index contributed by atoms with van der Waals surface area (Å²) < 4.78 is 5.69. The van der Waals surface area contributed by atoms with E-state index in [2.05, 4.69) is 5.32 Å². The van der Waals surface area contributed by atoms with Gasteiger partial charge < -0.3 is 20.3 Å². The molecule has 3 N–H and O–H groups in total. The SMILES string of the molecule is O=C(Nc1ccc(OCc2ccc(Cl)cc2)cc1)c1ccc(O)c(O)c1. The molecule has 0 bridgehead atoms. The molecule has 3 aromatic carbocycles. The number of carbonyl (C=O) groups excluding carboxylic acids is 1. The Hall–Kier alpha value is -3.18. The van der Waals surface area contributed by atoms with Gasteiger partial charge in [0.05, 0.1) is 0 Å². The number of amides is 1. The van der Waals surface area contributed by atoms with Crippen LogP contribution in [0.4, 0.5) is 5.69 Å². The first kappa shape index (κ1) is 17.6. The Kier molecular flexibility index (Phi) is 5.29. The van der Waals surface area contributed by atoms with Crippen molar-refractivity contribution in [2.24, 2.45) is 0 Å². The highest BCUT2D eigenvalue weighted by atomic mass is 35.5. The molecule has 0 aliphatic rings. The Morgan fingerprint density at radius 1 is 0.923 bits per heavy atom. The molecule has 0 fully saturated rings. The molecule has 1 amide bonds. The van der Waals surface area contributed by atoms with Crippen LogP contribution in [0.15, 0.2) is 66.7 Å². The average molecular weight is 370 g/mol. The number of phenols is 2. The molecule has 0 aliphatic heterocycles. The van der Waals surface area contributed by atoms with Gasteiger partial charge in [0, 0.05) is 16.3 Å². The molecule has 26 heavy (non-hydrogen) atoms. The fourth-order valence-corrected chi connectivity index (χ4v) is 2.38. The number of carbonyl (C=O) groups is 1. The Balaban J connectivity index is 1.59. The maximum Gasteiger partial charge on any atom is 0.255 e. The minimum atomic E-state index is -0.393. The fourth-order valence-electron chi connectivity index (χ4n) is 2.25. The van der Waals surface area contributed by atoms with E-state index in [1.165, 1.54) is 18.2 Å². The van der Waals surface area contributed by atoms with Gasteiger partial charge in [-0.1, -0.05) is 23.7 Å². The zero-order valence-corrected chi connectivity index (χ0v) is 14.4. The molecule has 0 atom stereocenters. The third kappa shape index (κ3) is 4.46. The topological polar surface area (TPSA) is 78.8 Å². The molecule has 5 nitrogen and oxygen atoms in total. The van der Waals surface area contributed by atoms with E-state index in [1.807, 2.05) is 12.1 Å². The van der Waals surface area contributed by atoms with Crippen LogP contribution in [0.1, 0.15) is 15.9 Å². The number of hydrogen-bond acceptors (Lipinski definition) is 4. The van der Waals surface area contributed by atoms with Gasteiger partial charge in [-0.2, -0.15) is 0 Å². The number of anilines is 1. The largest absolute Gasteiger partial charge is 0.504 e. The summed E-state index contributed by atoms with van der Waals surface area (Å²) in [6.45, 7) is 0.412. The monoisotopic (exact) mass is 369 g/mol. The van der Waals surface area contributed by atoms with Gasteiger partial charge in [0.1, 0.15) is 12.4 Å². The van der Waals surface area contributed by atoms with Gasteiger partial charge in [-0.25, -0.2) is 0 Å². The molecule has 0 saturated carbocycles. The lowest BCUT2D eigenvalue weighted by atomic mass is 10.2. The van der Waals surface area contributed by atoms with E-state index in [4.69, 9.17) is 16.3 Å². The van der Waals surface area contributed by atoms with Crippen LogP contribution in [0, 0.1) is 0 Å². The van der Waals surface area contributed by atoms with Crippen molar-refractivity contribution in [2.45, 2.75) is 6.61 Å². The molecule has 0 unspecified atom stereocenters. The maximum atomic E-state index is 12.2. The number of nitrogens with one attached hydrogen (secondary N) is 1. The van der Waals surface area contributed by atoms with Crippen molar-refractivity contribution in [3.63, 3.8) is 0 Å². The first-order chi connectivity index (χ1) is 12.5. The van der Waals surface area contributed by atoms with E-state index in [-0.39, 0.29) is 17.1 Å². The number of aromatic hydroxyl groups is 2. The van der Waals surface area contributed by atoms with Crippen LogP contribution in [0.3, 0.4) is 0 Å². The third-order valence-electron chi connectivity index (χ3n) is 3.67. The van der Waals surface area contributed by atoms with Crippen molar-refractivity contribution in [3.8, 4) is 17.2 Å². The highest BCUT2D eigenvalue weighted by Crippen LogP contribution is 2.25. The minimum Gasteiger partial charge on any atom is -0.504 e. The first-order valence-corrected chi connectivity index (χ1v) is 8.20. The van der Waals surface area contributed by atoms with E-state index in [0.29, 0.717) is 23.1 Å². The van der Waals surface area contributed by atoms with E-state index in [1.54, 1.807) is 36.4 Å². The molecule has 0 aromatic heterocycles. The molecule has 0 aliphatic carbocycles. The van der Waals surface area contributed by atoms with Crippen LogP contribution in [0.5, 0.6) is 17.2 Å². The predicted octanol–water partition coefficient (Wildman–Crippen LogP) is 4.58. The van der Waals surface area contributed by atoms with Crippen molar-refractivity contribution in [1.82, 2.24) is 0 Å². The zero-order valence-electron chi connectivity index (χ0n) is 13.6. The van der Waals surface area contributed by atoms with Crippen LogP contribution >= 0.6 is 11.6 Å². The van der Waals surface area contributed by atoms with Gasteiger partial charge >= 0.3 is 0 Å². The highest BCUT2D eigenvalue weighted by Gasteiger charge is 2.09. The van der Waals surface area contributed by atoms with Crippen molar-refractivity contribution in [3.05, 3.63) is 82.9 Å². The molecule has 0 saturated heterocycles. The normalized spacial score (nSPS) is 10.3. The minimum absolute atomic E-state index is 0.239. The van der Waals surface area contributed by atoms with Crippen LogP contribution in [0.2, 0.25) is 5.02 Å². The molecule has 3 aromatic rings. The summed E-state index contributed by atoms with van der Waals surface area (Å²) in [6, 6.07) is 18.2. The second kappa shape index (κ2) is 7.80. The standard InChI is InChI=1S/C20H16ClNO4/c21-15-4-1-13(2-5-15)12-26-17-8-6-16(7-9-17)22-20(25)14-3-10-18(23)19(24)11-14/h1-11,23-24H,12H2,(H,22,25). The van der Waals surface area contributed by atoms with Crippen molar-refractivity contribution >= 4 is 23.2 Å². The van der Waals surface area contributed by atoms with Crippen LogP contribution in [-0.2, 0) is 6.61 Å². The maximum absolute atomic E-state index is 12.2. The number of rotatable bonds is 5. The number of benzene rings is 3. The summed E-state index contributed by atoms with van der Waals surface area (Å²) in [6.07, 6.45) is 0. The summed E-state index contributed by atoms with van der Waals surface area (Å²) in [4.78, 5) is 12.2. The average Bonchev–Trinajstić information content (AvgIpc) is 2.64. The smallest absolute Gasteiger partial charge is 0.255 e. The summed E-state index contributed by atoms with van der Waals surface area (Å²) in [5.74, 6) is -0.345. The van der Waals surface area contributed by atoms with E-state index >= 15 is 0 Å². The van der Waals surface area contributed by atoms with Crippen molar-refractivity contribution in [1.29, 1.82) is 0 Å². The van der Waals surface area contributed by atoms with Gasteiger partial charge in [0.25, 0.3) is 5.91 Å². The second-order valence-electron chi connectivity index (χ2n) is 5.60. The highest BCUT2D eigenvalue weighted by molar-refractivity contribution is 6.30. The second-order valence-corrected chi connectivity index (χ2v) is 6.03. The number of halogens is 1. The lowest BCUT2D eigenvalue weighted by Gasteiger charge is -2.09. The molecule has 3 rings (SSSR count). The van der Waals surface area contributed by atoms with Gasteiger partial charge in [-0.3, -0.25) is 4.79 Å². The number of hydrogen-bond donors (Lipinski definition) is 3. The first-order valence-electron chi connectivity index (χ1n) is 7.82. The number of ether oxygens (including phenoxy) is 1. The summed E-state index contributed by atoms with van der Waals surface area (Å²) in [5.41, 5.74) is 1.82. The summed E-state index contributed by atoms with van der Waals surface area (Å²) >= 11 is 5.85. The van der Waals surface area contributed by atoms with Gasteiger partial charge in [0.2, 0.25) is 0 Å². The summed E-state index contributed by atoms with van der Waals surface area (Å²) in [7, 11) is 0. The van der Waals surface area contributed by atoms with Crippen LogP contribution in [0.25, 0.3) is 0 Å². The molecular formula is C20H16ClNO4. The Morgan fingerprint density at radius 3 is 2.27 bits per heavy atom. The molecule has 0 radical (unpaired) electrons. The Bertz CT molecular complexity index is 908. The van der Waals surface area contributed by atoms with E-state index in [0.717, 1.165) is 5.56 Å². The molecule has 6 heteroatoms. The predicted molar refractivity (Wildman–Crippen MR) is 100.0 cm³/mol.